The molecule has 10 heteroatoms. The van der Waals surface area contributed by atoms with Crippen molar-refractivity contribution in [1.82, 2.24) is 5.32 Å². The van der Waals surface area contributed by atoms with Crippen molar-refractivity contribution in [3.05, 3.63) is 48.0 Å². The first-order valence-corrected chi connectivity index (χ1v) is 8.43. The maximum Gasteiger partial charge on any atom is 0.405 e. The number of nitrogens with one attached hydrogen (secondary N) is 3. The number of alkyl halides is 3. The first-order chi connectivity index (χ1) is 13.7. The summed E-state index contributed by atoms with van der Waals surface area (Å²) < 4.78 is 46.7. The minimum absolute atomic E-state index is 0.205. The minimum Gasteiger partial charge on any atom is -0.493 e. The monoisotopic (exact) mass is 411 g/mol. The highest BCUT2D eigenvalue weighted by Gasteiger charge is 2.27. The molecule has 3 N–H and O–H groups in total. The van der Waals surface area contributed by atoms with Gasteiger partial charge < -0.3 is 25.4 Å². The van der Waals surface area contributed by atoms with E-state index >= 15 is 0 Å². The van der Waals surface area contributed by atoms with Gasteiger partial charge in [-0.2, -0.15) is 13.2 Å². The van der Waals surface area contributed by atoms with Crippen molar-refractivity contribution in [2.75, 3.05) is 31.4 Å². The molecular formula is C19H20F3N3O4. The van der Waals surface area contributed by atoms with Crippen LogP contribution in [-0.4, -0.2) is 38.9 Å². The molecule has 29 heavy (non-hydrogen) atoms. The Morgan fingerprint density at radius 3 is 2.24 bits per heavy atom. The Hall–Kier alpha value is -3.43. The highest BCUT2D eigenvalue weighted by atomic mass is 19.4. The lowest BCUT2D eigenvalue weighted by Crippen LogP contribution is -2.34. The third kappa shape index (κ3) is 6.91. The molecule has 2 aromatic carbocycles. The van der Waals surface area contributed by atoms with Crippen molar-refractivity contribution in [2.45, 2.75) is 12.6 Å². The molecule has 0 bridgehead atoms. The Bertz CT molecular complexity index is 855. The van der Waals surface area contributed by atoms with Crippen LogP contribution in [0.15, 0.2) is 42.5 Å². The number of amides is 3. The van der Waals surface area contributed by atoms with E-state index in [9.17, 15) is 22.8 Å². The number of urea groups is 1. The van der Waals surface area contributed by atoms with Gasteiger partial charge in [0, 0.05) is 5.69 Å². The molecule has 0 aromatic heterocycles. The van der Waals surface area contributed by atoms with Crippen LogP contribution in [-0.2, 0) is 11.2 Å². The summed E-state index contributed by atoms with van der Waals surface area (Å²) in [4.78, 5) is 23.7. The van der Waals surface area contributed by atoms with Crippen LogP contribution < -0.4 is 25.4 Å². The molecule has 0 saturated heterocycles. The lowest BCUT2D eigenvalue weighted by Gasteiger charge is -2.14. The summed E-state index contributed by atoms with van der Waals surface area (Å²) in [6.07, 6.45) is -4.66. The lowest BCUT2D eigenvalue weighted by atomic mass is 10.1. The number of carbonyl (C=O) groups excluding carboxylic acids is 2. The average molecular weight is 411 g/mol. The summed E-state index contributed by atoms with van der Waals surface area (Å²) in [6, 6.07) is 10.6. The fraction of sp³-hybridized carbons (Fsp3) is 0.263. The second-order valence-electron chi connectivity index (χ2n) is 5.89. The third-order valence-corrected chi connectivity index (χ3v) is 3.71. The third-order valence-electron chi connectivity index (χ3n) is 3.71. The molecule has 3 amide bonds. The van der Waals surface area contributed by atoms with Crippen LogP contribution in [0.1, 0.15) is 5.56 Å². The number of halogens is 3. The number of rotatable bonds is 7. The second kappa shape index (κ2) is 9.67. The molecule has 0 spiro atoms. The van der Waals surface area contributed by atoms with Gasteiger partial charge in [0.25, 0.3) is 0 Å². The van der Waals surface area contributed by atoms with Crippen molar-refractivity contribution >= 4 is 23.3 Å². The molecule has 0 saturated carbocycles. The Balaban J connectivity index is 1.93. The number of hydrogen-bond acceptors (Lipinski definition) is 4. The second-order valence-corrected chi connectivity index (χ2v) is 5.89. The van der Waals surface area contributed by atoms with E-state index in [1.165, 1.54) is 38.5 Å². The molecule has 2 aromatic rings. The van der Waals surface area contributed by atoms with Crippen LogP contribution in [0.25, 0.3) is 0 Å². The summed E-state index contributed by atoms with van der Waals surface area (Å²) >= 11 is 0. The first kappa shape index (κ1) is 21.9. The zero-order valence-electron chi connectivity index (χ0n) is 15.7. The molecule has 0 aliphatic heterocycles. The average Bonchev–Trinajstić information content (AvgIpc) is 2.67. The van der Waals surface area contributed by atoms with E-state index in [1.54, 1.807) is 23.5 Å². The maximum atomic E-state index is 12.2. The van der Waals surface area contributed by atoms with Crippen molar-refractivity contribution in [1.29, 1.82) is 0 Å². The van der Waals surface area contributed by atoms with Gasteiger partial charge in [0.15, 0.2) is 11.5 Å². The van der Waals surface area contributed by atoms with Gasteiger partial charge in [0.2, 0.25) is 5.91 Å². The highest BCUT2D eigenvalue weighted by Crippen LogP contribution is 2.34. The standard InChI is InChI=1S/C19H20F3N3O4/c1-28-15-5-3-4-14(17(15)29-2)25-18(27)24-13-8-6-12(7-9-13)10-16(26)23-11-19(20,21)22/h3-9H,10-11H2,1-2H3,(H,23,26)(H2,24,25,27). The molecule has 0 aliphatic rings. The molecule has 2 rings (SSSR count). The van der Waals surface area contributed by atoms with Gasteiger partial charge >= 0.3 is 12.2 Å². The minimum atomic E-state index is -4.46. The molecule has 0 heterocycles. The van der Waals surface area contributed by atoms with Gasteiger partial charge in [-0.3, -0.25) is 4.79 Å². The number of para-hydroxylation sites is 1. The number of carbonyl (C=O) groups is 2. The van der Waals surface area contributed by atoms with Gasteiger partial charge in [-0.1, -0.05) is 18.2 Å². The smallest absolute Gasteiger partial charge is 0.405 e. The van der Waals surface area contributed by atoms with Crippen LogP contribution in [0.3, 0.4) is 0 Å². The zero-order valence-corrected chi connectivity index (χ0v) is 15.7. The Morgan fingerprint density at radius 2 is 1.66 bits per heavy atom. The van der Waals surface area contributed by atoms with Gasteiger partial charge in [-0.05, 0) is 29.8 Å². The van der Waals surface area contributed by atoms with Gasteiger partial charge in [0.05, 0.1) is 26.3 Å². The van der Waals surface area contributed by atoms with Crippen molar-refractivity contribution in [3.63, 3.8) is 0 Å². The summed E-state index contributed by atoms with van der Waals surface area (Å²) in [5, 5.41) is 7.05. The number of anilines is 2. The molecule has 0 unspecified atom stereocenters. The topological polar surface area (TPSA) is 88.7 Å². The van der Waals surface area contributed by atoms with E-state index in [0.29, 0.717) is 28.4 Å². The van der Waals surface area contributed by atoms with Crippen LogP contribution in [0.5, 0.6) is 11.5 Å². The number of benzene rings is 2. The fourth-order valence-corrected chi connectivity index (χ4v) is 2.42. The Labute approximate surface area is 165 Å². The van der Waals surface area contributed by atoms with Gasteiger partial charge in [-0.25, -0.2) is 4.79 Å². The predicted molar refractivity (Wildman–Crippen MR) is 101 cm³/mol. The Kier molecular flexibility index (Phi) is 7.29. The van der Waals surface area contributed by atoms with E-state index < -0.39 is 24.7 Å². The summed E-state index contributed by atoms with van der Waals surface area (Å²) in [6.45, 7) is -1.38. The van der Waals surface area contributed by atoms with E-state index in [2.05, 4.69) is 10.6 Å². The van der Waals surface area contributed by atoms with Crippen molar-refractivity contribution in [3.8, 4) is 11.5 Å². The molecular weight excluding hydrogens is 391 g/mol. The normalized spacial score (nSPS) is 10.8. The highest BCUT2D eigenvalue weighted by molar-refractivity contribution is 6.01. The number of ether oxygens (including phenoxy) is 2. The van der Waals surface area contributed by atoms with E-state index in [1.807, 2.05) is 0 Å². The van der Waals surface area contributed by atoms with E-state index in [-0.39, 0.29) is 6.42 Å². The number of hydrogen-bond donors (Lipinski definition) is 3. The predicted octanol–water partition coefficient (Wildman–Crippen LogP) is 3.57. The van der Waals surface area contributed by atoms with Crippen LogP contribution in [0, 0.1) is 0 Å². The molecule has 0 radical (unpaired) electrons. The van der Waals surface area contributed by atoms with Gasteiger partial charge in [-0.15, -0.1) is 0 Å². The SMILES string of the molecule is COc1cccc(NC(=O)Nc2ccc(CC(=O)NCC(F)(F)F)cc2)c1OC. The summed E-state index contributed by atoms with van der Waals surface area (Å²) in [7, 11) is 2.93. The van der Waals surface area contributed by atoms with Gasteiger partial charge in [0.1, 0.15) is 6.54 Å². The molecule has 0 atom stereocenters. The summed E-state index contributed by atoms with van der Waals surface area (Å²) in [5.74, 6) is 0.0784. The largest absolute Gasteiger partial charge is 0.493 e. The molecule has 0 aliphatic carbocycles. The first-order valence-electron chi connectivity index (χ1n) is 8.43. The molecule has 7 nitrogen and oxygen atoms in total. The summed E-state index contributed by atoms with van der Waals surface area (Å²) in [5.41, 5.74) is 1.34. The number of methoxy groups -OCH3 is 2. The lowest BCUT2D eigenvalue weighted by molar-refractivity contribution is -0.138. The van der Waals surface area contributed by atoms with E-state index in [0.717, 1.165) is 0 Å². The van der Waals surface area contributed by atoms with Crippen LogP contribution in [0.4, 0.5) is 29.3 Å². The quantitative estimate of drug-likeness (QED) is 0.650. The fourth-order valence-electron chi connectivity index (χ4n) is 2.42. The van der Waals surface area contributed by atoms with Crippen LogP contribution >= 0.6 is 0 Å². The Morgan fingerprint density at radius 1 is 0.966 bits per heavy atom. The van der Waals surface area contributed by atoms with Crippen molar-refractivity contribution in [2.24, 2.45) is 0 Å². The zero-order chi connectivity index (χ0) is 21.4. The molecule has 0 fully saturated rings. The molecule has 156 valence electrons. The van der Waals surface area contributed by atoms with Crippen LogP contribution in [0.2, 0.25) is 0 Å². The van der Waals surface area contributed by atoms with Crippen molar-refractivity contribution < 1.29 is 32.2 Å². The maximum absolute atomic E-state index is 12.2. The van der Waals surface area contributed by atoms with E-state index in [4.69, 9.17) is 9.47 Å².